The van der Waals surface area contributed by atoms with Crippen LogP contribution in [-0.2, 0) is 0 Å². The van der Waals surface area contributed by atoms with Crippen LogP contribution in [0.2, 0.25) is 0 Å². The second-order valence-corrected chi connectivity index (χ2v) is 8.06. The first-order valence-corrected chi connectivity index (χ1v) is 10.9. The average molecular weight is 422 g/mol. The van der Waals surface area contributed by atoms with Crippen molar-refractivity contribution in [3.8, 4) is 0 Å². The molecule has 0 fully saturated rings. The number of hydrogen-bond acceptors (Lipinski definition) is 9. The maximum atomic E-state index is 4.53. The van der Waals surface area contributed by atoms with E-state index in [0.29, 0.717) is 5.13 Å². The number of nitrogens with zero attached hydrogens (tertiary/aromatic N) is 7. The van der Waals surface area contributed by atoms with Gasteiger partial charge in [0.2, 0.25) is 5.13 Å². The molecule has 146 valence electrons. The van der Waals surface area contributed by atoms with E-state index in [4.69, 9.17) is 0 Å². The third-order valence-electron chi connectivity index (χ3n) is 4.22. The Labute approximate surface area is 176 Å². The molecule has 4 aromatic rings. The fourth-order valence-corrected chi connectivity index (χ4v) is 4.59. The molecule has 0 N–H and O–H groups in total. The van der Waals surface area contributed by atoms with Gasteiger partial charge in [-0.3, -0.25) is 4.98 Å². The van der Waals surface area contributed by atoms with E-state index >= 15 is 0 Å². The second-order valence-electron chi connectivity index (χ2n) is 6.04. The van der Waals surface area contributed by atoms with Crippen molar-refractivity contribution >= 4 is 59.4 Å². The maximum Gasteiger partial charge on any atom is 0.231 e. The minimum atomic E-state index is 0.636. The van der Waals surface area contributed by atoms with Gasteiger partial charge in [-0.2, -0.15) is 0 Å². The van der Waals surface area contributed by atoms with E-state index in [9.17, 15) is 0 Å². The topological polar surface area (TPSA) is 78.5 Å². The minimum Gasteiger partial charge on any atom is -0.372 e. The van der Waals surface area contributed by atoms with Crippen molar-refractivity contribution in [3.63, 3.8) is 0 Å². The summed E-state index contributed by atoms with van der Waals surface area (Å²) < 4.78 is 1.03. The van der Waals surface area contributed by atoms with Crippen molar-refractivity contribution in [1.29, 1.82) is 0 Å². The smallest absolute Gasteiger partial charge is 0.231 e. The number of azo groups is 2. The molecule has 0 radical (unpaired) electrons. The van der Waals surface area contributed by atoms with Gasteiger partial charge >= 0.3 is 0 Å². The highest BCUT2D eigenvalue weighted by atomic mass is 32.1. The molecule has 0 saturated carbocycles. The molecule has 0 atom stereocenters. The largest absolute Gasteiger partial charge is 0.372 e. The van der Waals surface area contributed by atoms with Crippen LogP contribution in [0.15, 0.2) is 75.3 Å². The van der Waals surface area contributed by atoms with Gasteiger partial charge in [0.25, 0.3) is 0 Å². The summed E-state index contributed by atoms with van der Waals surface area (Å²) in [6, 6.07) is 13.7. The number of thiazole rings is 1. The van der Waals surface area contributed by atoms with Crippen LogP contribution in [0.3, 0.4) is 0 Å². The average Bonchev–Trinajstić information content (AvgIpc) is 3.32. The van der Waals surface area contributed by atoms with Crippen molar-refractivity contribution in [2.45, 2.75) is 13.8 Å². The van der Waals surface area contributed by atoms with Gasteiger partial charge in [-0.05, 0) is 56.3 Å². The quantitative estimate of drug-likeness (QED) is 0.291. The van der Waals surface area contributed by atoms with Gasteiger partial charge in [0.1, 0.15) is 9.83 Å². The molecule has 0 unspecified atom stereocenters. The van der Waals surface area contributed by atoms with Gasteiger partial charge in [-0.25, -0.2) is 4.98 Å². The first kappa shape index (κ1) is 19.3. The molecule has 0 spiro atoms. The Morgan fingerprint density at radius 3 is 2.21 bits per heavy atom. The summed E-state index contributed by atoms with van der Waals surface area (Å²) in [6.45, 7) is 6.27. The molecule has 0 aliphatic heterocycles. The van der Waals surface area contributed by atoms with Gasteiger partial charge in [-0.1, -0.05) is 22.7 Å². The van der Waals surface area contributed by atoms with Crippen LogP contribution >= 0.6 is 22.7 Å². The molecule has 29 heavy (non-hydrogen) atoms. The van der Waals surface area contributed by atoms with E-state index in [2.05, 4.69) is 61.3 Å². The van der Waals surface area contributed by atoms with Gasteiger partial charge in [0.05, 0.1) is 16.1 Å². The van der Waals surface area contributed by atoms with Crippen molar-refractivity contribution in [1.82, 2.24) is 9.97 Å². The van der Waals surface area contributed by atoms with E-state index in [0.717, 1.165) is 39.0 Å². The van der Waals surface area contributed by atoms with Gasteiger partial charge in [0, 0.05) is 31.2 Å². The van der Waals surface area contributed by atoms with Crippen LogP contribution in [0.25, 0.3) is 9.53 Å². The highest BCUT2D eigenvalue weighted by Gasteiger charge is 2.08. The fraction of sp³-hybridized carbons (Fsp3) is 0.200. The van der Waals surface area contributed by atoms with Crippen LogP contribution in [0.5, 0.6) is 0 Å². The molecule has 0 saturated heterocycles. The number of anilines is 1. The number of fused-ring (bicyclic) bond motifs is 1. The zero-order valence-corrected chi connectivity index (χ0v) is 17.7. The number of pyridine rings is 1. The predicted molar refractivity (Wildman–Crippen MR) is 120 cm³/mol. The third kappa shape index (κ3) is 4.69. The summed E-state index contributed by atoms with van der Waals surface area (Å²) in [5.74, 6) is 0. The highest BCUT2D eigenvalue weighted by Crippen LogP contribution is 2.39. The monoisotopic (exact) mass is 421 g/mol. The molecule has 0 aliphatic rings. The molecule has 3 aromatic heterocycles. The number of rotatable bonds is 7. The molecular weight excluding hydrogens is 402 g/mol. The Morgan fingerprint density at radius 1 is 0.828 bits per heavy atom. The van der Waals surface area contributed by atoms with E-state index in [1.165, 1.54) is 28.4 Å². The lowest BCUT2D eigenvalue weighted by molar-refractivity contribution is 0.866. The van der Waals surface area contributed by atoms with Crippen molar-refractivity contribution in [2.75, 3.05) is 18.0 Å². The van der Waals surface area contributed by atoms with E-state index in [-0.39, 0.29) is 0 Å². The maximum absolute atomic E-state index is 4.53. The van der Waals surface area contributed by atoms with Crippen molar-refractivity contribution < 1.29 is 0 Å². The Bertz CT molecular complexity index is 1100. The first-order valence-electron chi connectivity index (χ1n) is 9.24. The summed E-state index contributed by atoms with van der Waals surface area (Å²) in [6.07, 6.45) is 3.38. The zero-order chi connectivity index (χ0) is 20.1. The zero-order valence-electron chi connectivity index (χ0n) is 16.1. The summed E-state index contributed by atoms with van der Waals surface area (Å²) >= 11 is 2.98. The summed E-state index contributed by atoms with van der Waals surface area (Å²) in [5, 5.41) is 18.5. The lowest BCUT2D eigenvalue weighted by Gasteiger charge is -2.20. The molecule has 3 heterocycles. The molecular formula is C20H19N7S2. The second kappa shape index (κ2) is 8.97. The van der Waals surface area contributed by atoms with E-state index < -0.39 is 0 Å². The molecule has 0 amide bonds. The first-order chi connectivity index (χ1) is 14.2. The number of thiophene rings is 1. The molecule has 7 nitrogen and oxygen atoms in total. The van der Waals surface area contributed by atoms with Gasteiger partial charge in [-0.15, -0.1) is 20.5 Å². The van der Waals surface area contributed by atoms with Crippen LogP contribution in [0.1, 0.15) is 13.8 Å². The Morgan fingerprint density at radius 2 is 1.52 bits per heavy atom. The summed E-state index contributed by atoms with van der Waals surface area (Å²) in [4.78, 5) is 11.7. The van der Waals surface area contributed by atoms with Gasteiger partial charge in [0.15, 0.2) is 0 Å². The Kier molecular flexibility index (Phi) is 5.97. The van der Waals surface area contributed by atoms with Crippen LogP contribution in [0.4, 0.5) is 27.2 Å². The van der Waals surface area contributed by atoms with Crippen molar-refractivity contribution in [3.05, 3.63) is 54.9 Å². The molecule has 0 aliphatic carbocycles. The number of aromatic nitrogens is 2. The molecule has 9 heteroatoms. The summed E-state index contributed by atoms with van der Waals surface area (Å²) in [7, 11) is 0. The van der Waals surface area contributed by atoms with E-state index in [1.54, 1.807) is 12.4 Å². The highest BCUT2D eigenvalue weighted by molar-refractivity contribution is 7.30. The van der Waals surface area contributed by atoms with Crippen LogP contribution in [-0.4, -0.2) is 23.1 Å². The van der Waals surface area contributed by atoms with Crippen LogP contribution < -0.4 is 4.90 Å². The lowest BCUT2D eigenvalue weighted by Crippen LogP contribution is -2.21. The molecule has 4 rings (SSSR count). The van der Waals surface area contributed by atoms with Crippen molar-refractivity contribution in [2.24, 2.45) is 20.5 Å². The van der Waals surface area contributed by atoms with Crippen LogP contribution in [0, 0.1) is 0 Å². The predicted octanol–water partition coefficient (Wildman–Crippen LogP) is 7.43. The molecule has 0 bridgehead atoms. The lowest BCUT2D eigenvalue weighted by atomic mass is 10.2. The Balaban J connectivity index is 1.45. The number of hydrogen-bond donors (Lipinski definition) is 0. The van der Waals surface area contributed by atoms with Gasteiger partial charge < -0.3 is 4.90 Å². The normalized spacial score (nSPS) is 11.8. The number of benzene rings is 1. The molecule has 1 aromatic carbocycles. The summed E-state index contributed by atoms with van der Waals surface area (Å²) in [5.41, 5.74) is 2.77. The Hall–Kier alpha value is -3.04. The SMILES string of the molecule is CCN(CC)c1ccc(N=Nc2nc3sc(N=Nc4ccncc4)cc3s2)cc1. The fourth-order valence-electron chi connectivity index (χ4n) is 2.74. The third-order valence-corrected chi connectivity index (χ3v) is 6.15. The van der Waals surface area contributed by atoms with E-state index in [1.807, 2.05) is 30.3 Å². The standard InChI is InChI=1S/C20H19N7S2/c1-3-27(4-2)16-7-5-14(6-8-16)24-26-20-22-19-17(28-20)13-18(29-19)25-23-15-9-11-21-12-10-15/h5-13H,3-4H2,1-2H3. The minimum absolute atomic E-state index is 0.636.